The van der Waals surface area contributed by atoms with Gasteiger partial charge in [-0.15, -0.1) is 0 Å². The van der Waals surface area contributed by atoms with E-state index in [2.05, 4.69) is 20.3 Å². The van der Waals surface area contributed by atoms with Gasteiger partial charge in [-0.25, -0.2) is 23.1 Å². The van der Waals surface area contributed by atoms with Crippen LogP contribution in [0.4, 0.5) is 29.2 Å². The largest absolute Gasteiger partial charge is 0.479 e. The van der Waals surface area contributed by atoms with Gasteiger partial charge in [-0.2, -0.15) is 9.37 Å². The van der Waals surface area contributed by atoms with Gasteiger partial charge in [0.2, 0.25) is 11.8 Å². The zero-order chi connectivity index (χ0) is 23.8. The van der Waals surface area contributed by atoms with Crippen molar-refractivity contribution in [1.29, 1.82) is 0 Å². The lowest BCUT2D eigenvalue weighted by atomic mass is 9.81. The van der Waals surface area contributed by atoms with Gasteiger partial charge in [0, 0.05) is 29.5 Å². The molecule has 1 aromatic heterocycles. The summed E-state index contributed by atoms with van der Waals surface area (Å²) in [5.41, 5.74) is 5.74. The van der Waals surface area contributed by atoms with Crippen LogP contribution in [-0.4, -0.2) is 60.5 Å². The Morgan fingerprint density at radius 1 is 1.30 bits per heavy atom. The molecule has 0 spiro atoms. The van der Waals surface area contributed by atoms with Gasteiger partial charge in [0.15, 0.2) is 5.17 Å². The van der Waals surface area contributed by atoms with Crippen LogP contribution in [0.25, 0.3) is 0 Å². The first-order chi connectivity index (χ1) is 15.8. The number of aromatic nitrogens is 2. The van der Waals surface area contributed by atoms with Crippen molar-refractivity contribution in [3.05, 3.63) is 41.1 Å². The highest BCUT2D eigenvalue weighted by atomic mass is 32.2. The zero-order valence-corrected chi connectivity index (χ0v) is 18.9. The van der Waals surface area contributed by atoms with E-state index in [0.717, 1.165) is 0 Å². The number of alkyl halides is 2. The van der Waals surface area contributed by atoms with Crippen LogP contribution in [0.3, 0.4) is 0 Å². The molecule has 0 unspecified atom stereocenters. The normalized spacial score (nSPS) is 22.3. The molecule has 0 bridgehead atoms. The molecule has 0 radical (unpaired) electrons. The number of fused-ring (bicyclic) bond motifs is 1. The average Bonchev–Trinajstić information content (AvgIpc) is 3.19. The molecule has 12 heteroatoms. The highest BCUT2D eigenvalue weighted by Crippen LogP contribution is 2.47. The number of ether oxygens (including phenoxy) is 1. The van der Waals surface area contributed by atoms with E-state index < -0.39 is 36.6 Å². The lowest BCUT2D eigenvalue weighted by Gasteiger charge is -2.35. The van der Waals surface area contributed by atoms with Crippen LogP contribution in [0.15, 0.2) is 23.2 Å². The molecule has 0 amide bonds. The van der Waals surface area contributed by atoms with E-state index in [1.54, 1.807) is 4.90 Å². The number of methoxy groups -OCH3 is 1. The van der Waals surface area contributed by atoms with Gasteiger partial charge in [0.1, 0.15) is 24.7 Å². The number of nitrogens with one attached hydrogen (secondary N) is 1. The first-order valence-electron chi connectivity index (χ1n) is 10.3. The Labute approximate surface area is 192 Å². The monoisotopic (exact) mass is 484 g/mol. The van der Waals surface area contributed by atoms with Crippen LogP contribution >= 0.6 is 11.8 Å². The van der Waals surface area contributed by atoms with Crippen LogP contribution in [0.2, 0.25) is 0 Å². The molecular weight excluding hydrogens is 460 g/mol. The molecule has 33 heavy (non-hydrogen) atoms. The van der Waals surface area contributed by atoms with Gasteiger partial charge >= 0.3 is 0 Å². The van der Waals surface area contributed by atoms with Crippen molar-refractivity contribution >= 4 is 28.6 Å². The van der Waals surface area contributed by atoms with Crippen LogP contribution in [0, 0.1) is 24.5 Å². The number of aryl methyl sites for hydroxylation is 1. The predicted octanol–water partition coefficient (Wildman–Crippen LogP) is 3.18. The van der Waals surface area contributed by atoms with Crippen molar-refractivity contribution in [2.45, 2.75) is 18.5 Å². The minimum atomic E-state index is -1.07. The quantitative estimate of drug-likeness (QED) is 0.584. The zero-order valence-electron chi connectivity index (χ0n) is 18.1. The first-order valence-corrected chi connectivity index (χ1v) is 11.3. The van der Waals surface area contributed by atoms with E-state index in [1.807, 2.05) is 0 Å². The summed E-state index contributed by atoms with van der Waals surface area (Å²) in [5, 5.41) is 3.06. The van der Waals surface area contributed by atoms with Crippen LogP contribution in [0.5, 0.6) is 5.88 Å². The fraction of sp³-hybridized carbons (Fsp3) is 0.476. The van der Waals surface area contributed by atoms with Gasteiger partial charge in [-0.3, -0.25) is 0 Å². The fourth-order valence-electron chi connectivity index (χ4n) is 4.25. The van der Waals surface area contributed by atoms with Crippen LogP contribution in [-0.2, 0) is 5.54 Å². The van der Waals surface area contributed by atoms with Crippen molar-refractivity contribution in [1.82, 2.24) is 9.97 Å². The molecule has 178 valence electrons. The minimum Gasteiger partial charge on any atom is -0.479 e. The van der Waals surface area contributed by atoms with Crippen molar-refractivity contribution < 1.29 is 22.3 Å². The Morgan fingerprint density at radius 2 is 2.06 bits per heavy atom. The van der Waals surface area contributed by atoms with Crippen molar-refractivity contribution in [2.75, 3.05) is 49.5 Å². The van der Waals surface area contributed by atoms with Gasteiger partial charge in [0.05, 0.1) is 25.4 Å². The molecule has 2 atom stereocenters. The van der Waals surface area contributed by atoms with Gasteiger partial charge in [-0.1, -0.05) is 11.8 Å². The number of nitrogens with two attached hydrogens (primary N) is 1. The minimum absolute atomic E-state index is 0.124. The first kappa shape index (κ1) is 23.4. The summed E-state index contributed by atoms with van der Waals surface area (Å²) in [5.74, 6) is -0.704. The van der Waals surface area contributed by atoms with E-state index in [1.165, 1.54) is 44.0 Å². The topological polar surface area (TPSA) is 88.7 Å². The molecule has 2 aromatic rings. The molecule has 3 heterocycles. The van der Waals surface area contributed by atoms with Crippen molar-refractivity contribution in [3.8, 4) is 5.88 Å². The van der Waals surface area contributed by atoms with Crippen molar-refractivity contribution in [2.24, 2.45) is 16.6 Å². The molecule has 0 saturated carbocycles. The summed E-state index contributed by atoms with van der Waals surface area (Å²) < 4.78 is 60.5. The van der Waals surface area contributed by atoms with E-state index in [0.29, 0.717) is 23.2 Å². The number of hydrogen-bond acceptors (Lipinski definition) is 8. The van der Waals surface area contributed by atoms with Gasteiger partial charge < -0.3 is 20.7 Å². The Hall–Kier alpha value is -2.76. The Morgan fingerprint density at radius 3 is 2.76 bits per heavy atom. The maximum absolute atomic E-state index is 15.2. The molecule has 1 saturated heterocycles. The summed E-state index contributed by atoms with van der Waals surface area (Å²) in [6.45, 7) is 0.302. The second-order valence-corrected chi connectivity index (χ2v) is 9.08. The second kappa shape index (κ2) is 9.24. The molecule has 1 aromatic carbocycles. The number of thioether (sulfide) groups is 1. The maximum Gasteiger partial charge on any atom is 0.255 e. The molecule has 2 aliphatic heterocycles. The number of halogens is 4. The maximum atomic E-state index is 15.2. The molecule has 4 rings (SSSR count). The molecule has 3 N–H and O–H groups in total. The highest BCUT2D eigenvalue weighted by molar-refractivity contribution is 8.13. The van der Waals surface area contributed by atoms with Crippen molar-refractivity contribution in [3.63, 3.8) is 0 Å². The third kappa shape index (κ3) is 4.28. The number of hydrogen-bond donors (Lipinski definition) is 2. The number of amidine groups is 1. The van der Waals surface area contributed by atoms with E-state index in [-0.39, 0.29) is 35.5 Å². The molecular formula is C21H24F4N6OS. The molecule has 7 nitrogen and oxygen atoms in total. The lowest BCUT2D eigenvalue weighted by Crippen LogP contribution is -2.41. The predicted molar refractivity (Wildman–Crippen MR) is 121 cm³/mol. The molecule has 0 aliphatic carbocycles. The van der Waals surface area contributed by atoms with E-state index in [4.69, 9.17) is 10.5 Å². The van der Waals surface area contributed by atoms with Crippen LogP contribution in [0.1, 0.15) is 11.3 Å². The number of nitrogens with zero attached hydrogens (tertiary/aromatic N) is 4. The third-order valence-electron chi connectivity index (χ3n) is 5.92. The van der Waals surface area contributed by atoms with Gasteiger partial charge in [-0.05, 0) is 25.1 Å². The van der Waals surface area contributed by atoms with Gasteiger partial charge in [0.25, 0.3) is 5.88 Å². The van der Waals surface area contributed by atoms with E-state index >= 15 is 4.39 Å². The number of rotatable bonds is 7. The van der Waals surface area contributed by atoms with E-state index in [9.17, 15) is 13.2 Å². The number of benzene rings is 1. The lowest BCUT2D eigenvalue weighted by molar-refractivity contribution is 0.364. The SMILES string of the molecule is COc1nc(N2C[C@H]3CSC(N)=N[C@@]3(c3cc(NC(CF)CF)ccc3F)C2)nc(C)c1F. The Kier molecular flexibility index (Phi) is 6.55. The third-order valence-corrected chi connectivity index (χ3v) is 6.87. The van der Waals surface area contributed by atoms with Crippen LogP contribution < -0.4 is 20.7 Å². The summed E-state index contributed by atoms with van der Waals surface area (Å²) in [4.78, 5) is 14.9. The number of anilines is 2. The Bertz CT molecular complexity index is 1070. The summed E-state index contributed by atoms with van der Waals surface area (Å²) >= 11 is 1.36. The Balaban J connectivity index is 1.76. The second-order valence-electron chi connectivity index (χ2n) is 8.04. The number of aliphatic imine (C=N–C) groups is 1. The average molecular weight is 485 g/mol. The smallest absolute Gasteiger partial charge is 0.255 e. The molecule has 1 fully saturated rings. The summed E-state index contributed by atoms with van der Waals surface area (Å²) in [6.07, 6.45) is 0. The highest BCUT2D eigenvalue weighted by Gasteiger charge is 2.52. The molecule has 2 aliphatic rings. The summed E-state index contributed by atoms with van der Waals surface area (Å²) in [7, 11) is 1.32. The fourth-order valence-corrected chi connectivity index (χ4v) is 5.23. The summed E-state index contributed by atoms with van der Waals surface area (Å²) in [6, 6.07) is 3.16. The standard InChI is InChI=1S/C21H24F4N6OS/c1-11-17(25)18(32-2)29-20(27-11)31-8-12-9-33-19(26)30-21(12,10-31)15-5-13(3-4-16(15)24)28-14(6-22)7-23/h3-5,12,14,28H,6-10H2,1-2H3,(H2,26,30)/t12-,21-/m0/s1.